The molecule has 2 aromatic rings. The Morgan fingerprint density at radius 1 is 1.28 bits per heavy atom. The summed E-state index contributed by atoms with van der Waals surface area (Å²) in [6.45, 7) is 0.947. The summed E-state index contributed by atoms with van der Waals surface area (Å²) in [7, 11) is 1.45. The highest BCUT2D eigenvalue weighted by atomic mass is 79.9. The van der Waals surface area contributed by atoms with Crippen LogP contribution in [0, 0.1) is 0 Å². The lowest BCUT2D eigenvalue weighted by atomic mass is 10.2. The fourth-order valence-electron chi connectivity index (χ4n) is 2.24. The van der Waals surface area contributed by atoms with Gasteiger partial charge in [0.1, 0.15) is 13.2 Å². The maximum absolute atomic E-state index is 12.2. The number of amides is 1. The van der Waals surface area contributed by atoms with Gasteiger partial charge in [-0.25, -0.2) is 5.43 Å². The summed E-state index contributed by atoms with van der Waals surface area (Å²) in [6, 6.07) is 8.19. The van der Waals surface area contributed by atoms with Gasteiger partial charge in [0, 0.05) is 5.56 Å². The van der Waals surface area contributed by atoms with Gasteiger partial charge in [-0.1, -0.05) is 0 Å². The number of nitrogens with zero attached hydrogens (tertiary/aromatic N) is 1. The molecule has 3 rings (SSSR count). The summed E-state index contributed by atoms with van der Waals surface area (Å²) < 4.78 is 16.4. The minimum atomic E-state index is -0.377. The van der Waals surface area contributed by atoms with Gasteiger partial charge in [0.15, 0.2) is 23.0 Å². The summed E-state index contributed by atoms with van der Waals surface area (Å²) in [5.41, 5.74) is 3.49. The molecule has 7 nitrogen and oxygen atoms in total. The Morgan fingerprint density at radius 2 is 2.04 bits per heavy atom. The molecule has 1 heterocycles. The van der Waals surface area contributed by atoms with Crippen molar-refractivity contribution in [3.05, 3.63) is 45.9 Å². The minimum Gasteiger partial charge on any atom is -0.503 e. The largest absolute Gasteiger partial charge is 0.503 e. The third-order valence-corrected chi connectivity index (χ3v) is 4.06. The molecule has 1 aliphatic heterocycles. The first-order valence-electron chi connectivity index (χ1n) is 7.38. The van der Waals surface area contributed by atoms with Gasteiger partial charge in [0.2, 0.25) is 0 Å². The Labute approximate surface area is 152 Å². The highest BCUT2D eigenvalue weighted by Gasteiger charge is 2.14. The number of fused-ring (bicyclic) bond motifs is 1. The van der Waals surface area contributed by atoms with Gasteiger partial charge in [-0.15, -0.1) is 0 Å². The first kappa shape index (κ1) is 17.1. The highest BCUT2D eigenvalue weighted by molar-refractivity contribution is 9.10. The Kier molecular flexibility index (Phi) is 5.08. The van der Waals surface area contributed by atoms with Crippen molar-refractivity contribution in [2.24, 2.45) is 5.10 Å². The summed E-state index contributed by atoms with van der Waals surface area (Å²) in [4.78, 5) is 12.2. The lowest BCUT2D eigenvalue weighted by Gasteiger charge is -2.18. The predicted octanol–water partition coefficient (Wildman–Crippen LogP) is 2.70. The van der Waals surface area contributed by atoms with Crippen molar-refractivity contribution in [3.8, 4) is 23.0 Å². The first-order valence-corrected chi connectivity index (χ1v) is 8.17. The summed E-state index contributed by atoms with van der Waals surface area (Å²) in [5, 5.41) is 13.7. The number of carbonyl (C=O) groups excluding carboxylic acids is 1. The zero-order chi connectivity index (χ0) is 17.8. The first-order chi connectivity index (χ1) is 12.1. The number of hydrogen-bond acceptors (Lipinski definition) is 6. The molecule has 0 spiro atoms. The van der Waals surface area contributed by atoms with Gasteiger partial charge < -0.3 is 19.3 Å². The van der Waals surface area contributed by atoms with Crippen LogP contribution in [0.15, 0.2) is 39.9 Å². The molecule has 0 saturated heterocycles. The van der Waals surface area contributed by atoms with Gasteiger partial charge in [0.05, 0.1) is 17.8 Å². The minimum absolute atomic E-state index is 0.0000335. The Hall–Kier alpha value is -2.74. The van der Waals surface area contributed by atoms with E-state index in [1.54, 1.807) is 30.3 Å². The Balaban J connectivity index is 1.70. The van der Waals surface area contributed by atoms with E-state index >= 15 is 0 Å². The van der Waals surface area contributed by atoms with E-state index in [9.17, 15) is 9.90 Å². The molecule has 130 valence electrons. The van der Waals surface area contributed by atoms with Crippen LogP contribution in [-0.4, -0.2) is 37.6 Å². The van der Waals surface area contributed by atoms with Crippen molar-refractivity contribution in [1.82, 2.24) is 5.43 Å². The number of hydrogen-bond donors (Lipinski definition) is 2. The van der Waals surface area contributed by atoms with Crippen molar-refractivity contribution in [3.63, 3.8) is 0 Å². The molecule has 8 heteroatoms. The van der Waals surface area contributed by atoms with Crippen molar-refractivity contribution < 1.29 is 24.1 Å². The number of rotatable bonds is 4. The van der Waals surface area contributed by atoms with E-state index in [4.69, 9.17) is 14.2 Å². The number of hydrazone groups is 1. The molecule has 0 atom stereocenters. The Bertz CT molecular complexity index is 838. The monoisotopic (exact) mass is 406 g/mol. The lowest BCUT2D eigenvalue weighted by molar-refractivity contribution is 0.0954. The number of nitrogens with one attached hydrogen (secondary N) is 1. The molecule has 1 aliphatic rings. The quantitative estimate of drug-likeness (QED) is 0.601. The lowest BCUT2D eigenvalue weighted by Crippen LogP contribution is -2.19. The van der Waals surface area contributed by atoms with Crippen LogP contribution in [0.25, 0.3) is 0 Å². The maximum Gasteiger partial charge on any atom is 0.271 e. The molecule has 0 saturated carbocycles. The standard InChI is InChI=1S/C17H15BrN2O5/c1-23-15-7-10(6-12(18)16(15)21)9-19-20-17(22)11-2-3-13-14(8-11)25-5-4-24-13/h2-3,6-9,21H,4-5H2,1H3,(H,20,22)/b19-9-. The molecule has 25 heavy (non-hydrogen) atoms. The van der Waals surface area contributed by atoms with Crippen LogP contribution < -0.4 is 19.6 Å². The van der Waals surface area contributed by atoms with Crippen LogP contribution in [0.5, 0.6) is 23.0 Å². The predicted molar refractivity (Wildman–Crippen MR) is 94.9 cm³/mol. The van der Waals surface area contributed by atoms with Gasteiger partial charge in [-0.05, 0) is 51.8 Å². The number of aromatic hydroxyl groups is 1. The summed E-state index contributed by atoms with van der Waals surface area (Å²) in [5.74, 6) is 1.08. The second-order valence-electron chi connectivity index (χ2n) is 5.11. The number of ether oxygens (including phenoxy) is 3. The third-order valence-electron chi connectivity index (χ3n) is 3.45. The maximum atomic E-state index is 12.2. The third kappa shape index (κ3) is 3.85. The molecule has 0 fully saturated rings. The second-order valence-corrected chi connectivity index (χ2v) is 5.97. The van der Waals surface area contributed by atoms with Crippen LogP contribution in [0.1, 0.15) is 15.9 Å². The van der Waals surface area contributed by atoms with Crippen LogP contribution in [-0.2, 0) is 0 Å². The smallest absolute Gasteiger partial charge is 0.271 e. The average Bonchev–Trinajstić information content (AvgIpc) is 2.63. The zero-order valence-corrected chi connectivity index (χ0v) is 14.9. The van der Waals surface area contributed by atoms with E-state index in [1.165, 1.54) is 13.3 Å². The van der Waals surface area contributed by atoms with Crippen molar-refractivity contribution >= 4 is 28.1 Å². The topological polar surface area (TPSA) is 89.4 Å². The number of carbonyl (C=O) groups is 1. The van der Waals surface area contributed by atoms with Crippen LogP contribution in [0.3, 0.4) is 0 Å². The number of benzene rings is 2. The van der Waals surface area contributed by atoms with E-state index in [1.807, 2.05) is 0 Å². The molecule has 0 unspecified atom stereocenters. The normalized spacial score (nSPS) is 12.9. The van der Waals surface area contributed by atoms with Gasteiger partial charge >= 0.3 is 0 Å². The number of halogens is 1. The van der Waals surface area contributed by atoms with Crippen molar-refractivity contribution in [2.75, 3.05) is 20.3 Å². The molecule has 0 aromatic heterocycles. The molecule has 2 aromatic carbocycles. The molecule has 1 amide bonds. The Morgan fingerprint density at radius 3 is 2.80 bits per heavy atom. The van der Waals surface area contributed by atoms with Gasteiger partial charge in [-0.2, -0.15) is 5.10 Å². The van der Waals surface area contributed by atoms with Crippen LogP contribution in [0.4, 0.5) is 0 Å². The highest BCUT2D eigenvalue weighted by Crippen LogP contribution is 2.34. The summed E-state index contributed by atoms with van der Waals surface area (Å²) >= 11 is 3.23. The van der Waals surface area contributed by atoms with Gasteiger partial charge in [-0.3, -0.25) is 4.79 Å². The van der Waals surface area contributed by atoms with E-state index < -0.39 is 0 Å². The van der Waals surface area contributed by atoms with Crippen LogP contribution in [0.2, 0.25) is 0 Å². The molecular weight excluding hydrogens is 392 g/mol. The van der Waals surface area contributed by atoms with E-state index in [2.05, 4.69) is 26.5 Å². The average molecular weight is 407 g/mol. The number of phenols is 1. The molecular formula is C17H15BrN2O5. The second kappa shape index (κ2) is 7.43. The SMILES string of the molecule is COc1cc(/C=N\NC(=O)c2ccc3c(c2)OCCO3)cc(Br)c1O. The van der Waals surface area contributed by atoms with Crippen molar-refractivity contribution in [2.45, 2.75) is 0 Å². The zero-order valence-electron chi connectivity index (χ0n) is 13.3. The molecule has 0 bridgehead atoms. The van der Waals surface area contributed by atoms with E-state index in [0.29, 0.717) is 46.1 Å². The van der Waals surface area contributed by atoms with E-state index in [-0.39, 0.29) is 11.7 Å². The summed E-state index contributed by atoms with van der Waals surface area (Å²) in [6.07, 6.45) is 1.45. The molecule has 0 aliphatic carbocycles. The molecule has 2 N–H and O–H groups in total. The van der Waals surface area contributed by atoms with Crippen LogP contribution >= 0.6 is 15.9 Å². The molecule has 0 radical (unpaired) electrons. The fourth-order valence-corrected chi connectivity index (χ4v) is 2.70. The van der Waals surface area contributed by atoms with Crippen molar-refractivity contribution in [1.29, 1.82) is 0 Å². The van der Waals surface area contributed by atoms with Gasteiger partial charge in [0.25, 0.3) is 5.91 Å². The number of phenolic OH excluding ortho intramolecular Hbond substituents is 1. The van der Waals surface area contributed by atoms with E-state index in [0.717, 1.165) is 0 Å². The number of methoxy groups -OCH3 is 1. The fraction of sp³-hybridized carbons (Fsp3) is 0.176.